The minimum atomic E-state index is -3.67. The van der Waals surface area contributed by atoms with Crippen LogP contribution in [0.5, 0.6) is 0 Å². The normalized spacial score (nSPS) is 13.4. The van der Waals surface area contributed by atoms with Gasteiger partial charge in [-0.15, -0.1) is 0 Å². The van der Waals surface area contributed by atoms with E-state index in [0.29, 0.717) is 31.5 Å². The van der Waals surface area contributed by atoms with Gasteiger partial charge in [0.2, 0.25) is 0 Å². The molecule has 0 amide bonds. The summed E-state index contributed by atoms with van der Waals surface area (Å²) < 4.78 is 31.0. The minimum Gasteiger partial charge on any atom is -0.481 e. The zero-order valence-electron chi connectivity index (χ0n) is 20.3. The number of hydrogen-bond acceptors (Lipinski definition) is 3. The van der Waals surface area contributed by atoms with E-state index >= 15 is 0 Å². The average molecular weight is 582 g/mol. The van der Waals surface area contributed by atoms with Gasteiger partial charge in [0.25, 0.3) is 0 Å². The van der Waals surface area contributed by atoms with Gasteiger partial charge >= 0.3 is 16.2 Å². The first-order chi connectivity index (χ1) is 17.8. The zero-order chi connectivity index (χ0) is 26.3. The predicted octanol–water partition coefficient (Wildman–Crippen LogP) is 6.05. The number of carboxylic acids is 1. The highest BCUT2D eigenvalue weighted by Gasteiger charge is 2.24. The van der Waals surface area contributed by atoms with Crippen LogP contribution in [0.1, 0.15) is 41.5 Å². The Morgan fingerprint density at radius 3 is 2.57 bits per heavy atom. The molecule has 8 heteroatoms. The molecule has 4 rings (SSSR count). The number of allylic oxidation sites excluding steroid dienone is 1. The van der Waals surface area contributed by atoms with Gasteiger partial charge in [-0.2, -0.15) is 13.1 Å². The molecule has 6 nitrogen and oxygen atoms in total. The van der Waals surface area contributed by atoms with Crippen LogP contribution >= 0.6 is 15.9 Å². The number of nitrogens with one attached hydrogen (secondary N) is 1. The maximum Gasteiger partial charge on any atom is 0.303 e. The van der Waals surface area contributed by atoms with Crippen molar-refractivity contribution in [2.24, 2.45) is 0 Å². The van der Waals surface area contributed by atoms with Crippen molar-refractivity contribution in [3.8, 4) is 0 Å². The summed E-state index contributed by atoms with van der Waals surface area (Å²) in [7, 11) is -3.67. The van der Waals surface area contributed by atoms with E-state index in [1.54, 1.807) is 0 Å². The number of unbranched alkanes of at least 4 members (excludes halogenated alkanes) is 1. The Labute approximate surface area is 226 Å². The Morgan fingerprint density at radius 1 is 1.03 bits per heavy atom. The molecule has 0 unspecified atom stereocenters. The molecular weight excluding hydrogens is 552 g/mol. The molecule has 1 aliphatic rings. The summed E-state index contributed by atoms with van der Waals surface area (Å²) in [5, 5.41) is 8.94. The van der Waals surface area contributed by atoms with Crippen LogP contribution in [0.15, 0.2) is 89.4 Å². The Kier molecular flexibility index (Phi) is 8.97. The summed E-state index contributed by atoms with van der Waals surface area (Å²) in [6, 6.07) is 23.5. The number of halogens is 1. The number of carboxylic acid groups (broad SMARTS) is 1. The molecule has 0 spiro atoms. The summed E-state index contributed by atoms with van der Waals surface area (Å²) in [5.74, 6) is -0.793. The van der Waals surface area contributed by atoms with E-state index in [-0.39, 0.29) is 13.0 Å². The SMILES string of the molecule is O=C(O)CCC/C=C(\c1ccc(CCNS(=O)(=O)N2CC=Cc3ccccc32)cc1)c1cccc(Br)c1. The number of rotatable bonds is 11. The Balaban J connectivity index is 1.42. The quantitative estimate of drug-likeness (QED) is 0.270. The van der Waals surface area contributed by atoms with Crippen molar-refractivity contribution in [3.63, 3.8) is 0 Å². The molecule has 0 aromatic heterocycles. The molecule has 0 saturated carbocycles. The van der Waals surface area contributed by atoms with Crippen LogP contribution in [0.25, 0.3) is 11.6 Å². The number of anilines is 1. The molecule has 0 bridgehead atoms. The fraction of sp³-hybridized carbons (Fsp3) is 0.207. The lowest BCUT2D eigenvalue weighted by molar-refractivity contribution is -0.137. The molecule has 192 valence electrons. The zero-order valence-corrected chi connectivity index (χ0v) is 22.7. The number of para-hydroxylation sites is 1. The molecule has 0 radical (unpaired) electrons. The highest BCUT2D eigenvalue weighted by molar-refractivity contribution is 9.10. The fourth-order valence-corrected chi connectivity index (χ4v) is 5.89. The third-order valence-electron chi connectivity index (χ3n) is 6.11. The smallest absolute Gasteiger partial charge is 0.303 e. The molecule has 0 atom stereocenters. The van der Waals surface area contributed by atoms with Gasteiger partial charge in [0.05, 0.1) is 12.2 Å². The fourth-order valence-electron chi connectivity index (χ4n) is 4.27. The van der Waals surface area contributed by atoms with Gasteiger partial charge in [-0.05, 0) is 65.3 Å². The molecule has 3 aromatic rings. The molecule has 1 aliphatic heterocycles. The monoisotopic (exact) mass is 580 g/mol. The lowest BCUT2D eigenvalue weighted by Crippen LogP contribution is -2.42. The second-order valence-electron chi connectivity index (χ2n) is 8.75. The molecule has 3 aromatic carbocycles. The number of hydrogen-bond donors (Lipinski definition) is 2. The van der Waals surface area contributed by atoms with E-state index in [1.807, 2.05) is 84.9 Å². The summed E-state index contributed by atoms with van der Waals surface area (Å²) in [6.07, 6.45) is 7.79. The van der Waals surface area contributed by atoms with Crippen LogP contribution < -0.4 is 9.03 Å². The van der Waals surface area contributed by atoms with Crippen LogP contribution in [0.3, 0.4) is 0 Å². The number of fused-ring (bicyclic) bond motifs is 1. The van der Waals surface area contributed by atoms with Gasteiger partial charge in [0.15, 0.2) is 0 Å². The van der Waals surface area contributed by atoms with Gasteiger partial charge < -0.3 is 5.11 Å². The van der Waals surface area contributed by atoms with Crippen LogP contribution in [-0.2, 0) is 21.4 Å². The summed E-state index contributed by atoms with van der Waals surface area (Å²) in [6.45, 7) is 0.589. The van der Waals surface area contributed by atoms with E-state index in [0.717, 1.165) is 32.3 Å². The van der Waals surface area contributed by atoms with Crippen molar-refractivity contribution >= 4 is 49.4 Å². The summed E-state index contributed by atoms with van der Waals surface area (Å²) >= 11 is 3.53. The Hall–Kier alpha value is -3.20. The second-order valence-corrected chi connectivity index (χ2v) is 11.3. The van der Waals surface area contributed by atoms with Crippen LogP contribution in [0.4, 0.5) is 5.69 Å². The molecule has 2 N–H and O–H groups in total. The van der Waals surface area contributed by atoms with Crippen molar-refractivity contribution in [1.29, 1.82) is 0 Å². The van der Waals surface area contributed by atoms with Crippen molar-refractivity contribution in [2.75, 3.05) is 17.4 Å². The number of nitrogens with zero attached hydrogens (tertiary/aromatic N) is 1. The first-order valence-electron chi connectivity index (χ1n) is 12.1. The third-order valence-corrected chi connectivity index (χ3v) is 8.09. The maximum absolute atomic E-state index is 13.0. The van der Waals surface area contributed by atoms with E-state index in [9.17, 15) is 13.2 Å². The first-order valence-corrected chi connectivity index (χ1v) is 14.4. The molecule has 1 heterocycles. The van der Waals surface area contributed by atoms with Gasteiger partial charge in [0.1, 0.15) is 0 Å². The number of benzene rings is 3. The topological polar surface area (TPSA) is 86.7 Å². The lowest BCUT2D eigenvalue weighted by Gasteiger charge is -2.27. The van der Waals surface area contributed by atoms with Gasteiger partial charge in [-0.1, -0.05) is 88.8 Å². The van der Waals surface area contributed by atoms with Crippen molar-refractivity contribution in [1.82, 2.24) is 4.72 Å². The number of carbonyl (C=O) groups is 1. The first kappa shape index (κ1) is 26.9. The van der Waals surface area contributed by atoms with Crippen LogP contribution in [0, 0.1) is 0 Å². The second kappa shape index (κ2) is 12.4. The molecule has 37 heavy (non-hydrogen) atoms. The van der Waals surface area contributed by atoms with Gasteiger partial charge in [-0.25, -0.2) is 0 Å². The van der Waals surface area contributed by atoms with Crippen molar-refractivity contribution in [2.45, 2.75) is 25.7 Å². The predicted molar refractivity (Wildman–Crippen MR) is 153 cm³/mol. The van der Waals surface area contributed by atoms with E-state index in [4.69, 9.17) is 5.11 Å². The van der Waals surface area contributed by atoms with Crippen molar-refractivity contribution < 1.29 is 18.3 Å². The standard InChI is InChI=1S/C29H29BrN2O4S/c30-26-10-5-8-25(21-26)27(11-2-4-13-29(33)34)23-16-14-22(15-17-23)18-19-31-37(35,36)32-20-6-9-24-7-1-3-12-28(24)32/h1,3,5-12,14-17,21,31H,2,4,13,18-20H2,(H,33,34)/b27-11+. The summed E-state index contributed by atoms with van der Waals surface area (Å²) in [4.78, 5) is 10.9. The highest BCUT2D eigenvalue weighted by Crippen LogP contribution is 2.28. The van der Waals surface area contributed by atoms with Crippen LogP contribution in [0.2, 0.25) is 0 Å². The van der Waals surface area contributed by atoms with Gasteiger partial charge in [-0.3, -0.25) is 9.10 Å². The minimum absolute atomic E-state index is 0.135. The number of aliphatic carboxylic acids is 1. The highest BCUT2D eigenvalue weighted by atomic mass is 79.9. The maximum atomic E-state index is 13.0. The molecule has 0 fully saturated rings. The summed E-state index contributed by atoms with van der Waals surface area (Å²) in [5.41, 5.74) is 5.68. The van der Waals surface area contributed by atoms with E-state index in [1.165, 1.54) is 4.31 Å². The van der Waals surface area contributed by atoms with E-state index in [2.05, 4.69) is 26.7 Å². The molecule has 0 aliphatic carbocycles. The van der Waals surface area contributed by atoms with Gasteiger partial charge in [0, 0.05) is 17.4 Å². The largest absolute Gasteiger partial charge is 0.481 e. The average Bonchev–Trinajstić information content (AvgIpc) is 2.89. The Bertz CT molecular complexity index is 1420. The lowest BCUT2D eigenvalue weighted by atomic mass is 9.95. The molecule has 0 saturated heterocycles. The third kappa shape index (κ3) is 7.19. The Morgan fingerprint density at radius 2 is 1.81 bits per heavy atom. The van der Waals surface area contributed by atoms with E-state index < -0.39 is 16.2 Å². The molecular formula is C29H29BrN2O4S. The van der Waals surface area contributed by atoms with Crippen LogP contribution in [-0.4, -0.2) is 32.6 Å². The van der Waals surface area contributed by atoms with Crippen molar-refractivity contribution in [3.05, 3.63) is 112 Å².